The second kappa shape index (κ2) is 2.51. The molecule has 1 heterocycles. The molecule has 0 fully saturated rings. The highest BCUT2D eigenvalue weighted by Gasteiger charge is 2.03. The maximum atomic E-state index is 5.91. The van der Waals surface area contributed by atoms with Crippen molar-refractivity contribution in [3.63, 3.8) is 0 Å². The molecule has 0 aliphatic heterocycles. The number of anilines is 1. The van der Waals surface area contributed by atoms with Gasteiger partial charge in [-0.15, -0.1) is 0 Å². The summed E-state index contributed by atoms with van der Waals surface area (Å²) in [7, 11) is 0. The van der Waals surface area contributed by atoms with Gasteiger partial charge in [-0.3, -0.25) is 0 Å². The van der Waals surface area contributed by atoms with Crippen LogP contribution < -0.4 is 5.73 Å². The highest BCUT2D eigenvalue weighted by atomic mass is 14.7. The minimum atomic E-state index is 0.816. The van der Waals surface area contributed by atoms with E-state index >= 15 is 0 Å². The fourth-order valence-electron chi connectivity index (χ4n) is 1.93. The molecule has 0 amide bonds. The molecule has 0 spiro atoms. The molecule has 68 valence electrons. The van der Waals surface area contributed by atoms with Gasteiger partial charge in [-0.2, -0.15) is 0 Å². The Bertz CT molecular complexity index is 608. The third-order valence-corrected chi connectivity index (χ3v) is 2.60. The van der Waals surface area contributed by atoms with Crippen LogP contribution in [0, 0.1) is 0 Å². The van der Waals surface area contributed by atoms with Crippen molar-refractivity contribution < 1.29 is 0 Å². The van der Waals surface area contributed by atoms with Gasteiger partial charge < -0.3 is 10.7 Å². The van der Waals surface area contributed by atoms with Crippen LogP contribution in [0.25, 0.3) is 21.7 Å². The molecule has 0 aliphatic carbocycles. The largest absolute Gasteiger partial charge is 0.397 e. The first kappa shape index (κ1) is 7.44. The van der Waals surface area contributed by atoms with Crippen LogP contribution in [0.4, 0.5) is 5.69 Å². The standard InChI is InChI=1S/C12H10N2/c13-10-7-14-11-6-5-8-3-1-2-4-9(8)12(10)11/h1-7,14H,13H2. The Kier molecular flexibility index (Phi) is 1.34. The fourth-order valence-corrected chi connectivity index (χ4v) is 1.93. The highest BCUT2D eigenvalue weighted by molar-refractivity contribution is 6.12. The van der Waals surface area contributed by atoms with E-state index in [-0.39, 0.29) is 0 Å². The number of nitrogens with two attached hydrogens (primary N) is 1. The molecule has 1 aromatic heterocycles. The van der Waals surface area contributed by atoms with Crippen molar-refractivity contribution in [2.45, 2.75) is 0 Å². The van der Waals surface area contributed by atoms with Crippen LogP contribution in [-0.2, 0) is 0 Å². The lowest BCUT2D eigenvalue weighted by Crippen LogP contribution is -1.81. The third kappa shape index (κ3) is 0.852. The maximum absolute atomic E-state index is 5.91. The van der Waals surface area contributed by atoms with E-state index in [2.05, 4.69) is 29.2 Å². The van der Waals surface area contributed by atoms with Gasteiger partial charge in [0.1, 0.15) is 0 Å². The van der Waals surface area contributed by atoms with Crippen LogP contribution in [0.2, 0.25) is 0 Å². The predicted octanol–water partition coefficient (Wildman–Crippen LogP) is 2.90. The molecule has 3 rings (SSSR count). The van der Waals surface area contributed by atoms with Gasteiger partial charge in [0.05, 0.1) is 5.69 Å². The Morgan fingerprint density at radius 1 is 1.00 bits per heavy atom. The SMILES string of the molecule is Nc1c[nH]c2ccc3ccccc3c12. The molecule has 0 saturated carbocycles. The first-order valence-corrected chi connectivity index (χ1v) is 4.60. The summed E-state index contributed by atoms with van der Waals surface area (Å²) in [5, 5.41) is 3.57. The number of hydrogen-bond acceptors (Lipinski definition) is 1. The Morgan fingerprint density at radius 2 is 1.86 bits per heavy atom. The number of H-pyrrole nitrogens is 1. The molecular formula is C12H10N2. The molecule has 0 unspecified atom stereocenters. The van der Waals surface area contributed by atoms with Gasteiger partial charge in [-0.25, -0.2) is 0 Å². The number of hydrogen-bond donors (Lipinski definition) is 2. The zero-order valence-electron chi connectivity index (χ0n) is 7.62. The lowest BCUT2D eigenvalue weighted by atomic mass is 10.1. The van der Waals surface area contributed by atoms with Crippen molar-refractivity contribution in [2.75, 3.05) is 5.73 Å². The molecule has 2 nitrogen and oxygen atoms in total. The molecule has 0 radical (unpaired) electrons. The van der Waals surface area contributed by atoms with E-state index in [0.717, 1.165) is 16.6 Å². The van der Waals surface area contributed by atoms with Crippen molar-refractivity contribution in [1.29, 1.82) is 0 Å². The maximum Gasteiger partial charge on any atom is 0.0578 e. The Labute approximate surface area is 81.3 Å². The molecule has 0 atom stereocenters. The second-order valence-electron chi connectivity index (χ2n) is 3.45. The zero-order chi connectivity index (χ0) is 9.54. The van der Waals surface area contributed by atoms with Crippen molar-refractivity contribution in [3.8, 4) is 0 Å². The van der Waals surface area contributed by atoms with Gasteiger partial charge in [-0.05, 0) is 16.8 Å². The Morgan fingerprint density at radius 3 is 2.79 bits per heavy atom. The first-order chi connectivity index (χ1) is 6.86. The van der Waals surface area contributed by atoms with Gasteiger partial charge in [0.2, 0.25) is 0 Å². The van der Waals surface area contributed by atoms with E-state index in [4.69, 9.17) is 5.73 Å². The Hall–Kier alpha value is -1.96. The first-order valence-electron chi connectivity index (χ1n) is 4.60. The number of nitrogen functional groups attached to an aromatic ring is 1. The van der Waals surface area contributed by atoms with Crippen LogP contribution in [0.1, 0.15) is 0 Å². The topological polar surface area (TPSA) is 41.8 Å². The summed E-state index contributed by atoms with van der Waals surface area (Å²) in [4.78, 5) is 3.15. The van der Waals surface area contributed by atoms with E-state index in [9.17, 15) is 0 Å². The van der Waals surface area contributed by atoms with Gasteiger partial charge in [0.15, 0.2) is 0 Å². The number of aromatic nitrogens is 1. The van der Waals surface area contributed by atoms with Crippen LogP contribution in [-0.4, -0.2) is 4.98 Å². The number of rotatable bonds is 0. The van der Waals surface area contributed by atoms with Crippen molar-refractivity contribution in [3.05, 3.63) is 42.6 Å². The fraction of sp³-hybridized carbons (Fsp3) is 0. The average Bonchev–Trinajstić information content (AvgIpc) is 2.61. The summed E-state index contributed by atoms with van der Waals surface area (Å²) in [6.45, 7) is 0. The van der Waals surface area contributed by atoms with Crippen LogP contribution in [0.3, 0.4) is 0 Å². The Balaban J connectivity index is 2.65. The third-order valence-electron chi connectivity index (χ3n) is 2.60. The summed E-state index contributed by atoms with van der Waals surface area (Å²) in [5.74, 6) is 0. The number of aromatic amines is 1. The molecule has 14 heavy (non-hydrogen) atoms. The van der Waals surface area contributed by atoms with E-state index in [1.54, 1.807) is 0 Å². The minimum absolute atomic E-state index is 0.816. The molecule has 0 saturated heterocycles. The van der Waals surface area contributed by atoms with Crippen molar-refractivity contribution in [1.82, 2.24) is 4.98 Å². The number of benzene rings is 2. The van der Waals surface area contributed by atoms with E-state index in [1.165, 1.54) is 10.8 Å². The van der Waals surface area contributed by atoms with Crippen molar-refractivity contribution in [2.24, 2.45) is 0 Å². The van der Waals surface area contributed by atoms with Crippen LogP contribution >= 0.6 is 0 Å². The lowest BCUT2D eigenvalue weighted by molar-refractivity contribution is 1.48. The summed E-state index contributed by atoms with van der Waals surface area (Å²) in [6.07, 6.45) is 1.84. The normalized spacial score (nSPS) is 11.1. The van der Waals surface area contributed by atoms with E-state index in [0.29, 0.717) is 0 Å². The number of nitrogens with one attached hydrogen (secondary N) is 1. The summed E-state index contributed by atoms with van der Waals surface area (Å²) in [5.41, 5.74) is 7.83. The highest BCUT2D eigenvalue weighted by Crippen LogP contribution is 2.28. The molecule has 2 heteroatoms. The summed E-state index contributed by atoms with van der Waals surface area (Å²) < 4.78 is 0. The number of fused-ring (bicyclic) bond motifs is 3. The second-order valence-corrected chi connectivity index (χ2v) is 3.45. The zero-order valence-corrected chi connectivity index (χ0v) is 7.62. The van der Waals surface area contributed by atoms with Gasteiger partial charge in [0, 0.05) is 17.1 Å². The predicted molar refractivity (Wildman–Crippen MR) is 60.2 cm³/mol. The molecule has 0 aliphatic rings. The molecule has 3 N–H and O–H groups in total. The van der Waals surface area contributed by atoms with Gasteiger partial charge in [-0.1, -0.05) is 30.3 Å². The quantitative estimate of drug-likeness (QED) is 0.551. The van der Waals surface area contributed by atoms with Gasteiger partial charge in [0.25, 0.3) is 0 Å². The molecule has 0 bridgehead atoms. The van der Waals surface area contributed by atoms with Crippen LogP contribution in [0.5, 0.6) is 0 Å². The minimum Gasteiger partial charge on any atom is -0.397 e. The smallest absolute Gasteiger partial charge is 0.0578 e. The molecule has 3 aromatic rings. The monoisotopic (exact) mass is 182 g/mol. The molecule has 2 aromatic carbocycles. The molecular weight excluding hydrogens is 172 g/mol. The average molecular weight is 182 g/mol. The van der Waals surface area contributed by atoms with Crippen molar-refractivity contribution >= 4 is 27.4 Å². The van der Waals surface area contributed by atoms with Gasteiger partial charge >= 0.3 is 0 Å². The lowest BCUT2D eigenvalue weighted by Gasteiger charge is -1.99. The van der Waals surface area contributed by atoms with Crippen LogP contribution in [0.15, 0.2) is 42.6 Å². The summed E-state index contributed by atoms with van der Waals surface area (Å²) >= 11 is 0. The van der Waals surface area contributed by atoms with E-state index < -0.39 is 0 Å². The summed E-state index contributed by atoms with van der Waals surface area (Å²) in [6, 6.07) is 12.4. The van der Waals surface area contributed by atoms with E-state index in [1.807, 2.05) is 18.3 Å².